The first-order valence-electron chi connectivity index (χ1n) is 7.04. The first-order valence-corrected chi connectivity index (χ1v) is 7.04. The van der Waals surface area contributed by atoms with E-state index in [1.165, 1.54) is 0 Å². The predicted octanol–water partition coefficient (Wildman–Crippen LogP) is 1.90. The number of carbonyl (C=O) groups excluding carboxylic acids is 1. The summed E-state index contributed by atoms with van der Waals surface area (Å²) in [6.45, 7) is 1.98. The number of aromatic nitrogens is 2. The van der Waals surface area contributed by atoms with Crippen molar-refractivity contribution >= 4 is 5.91 Å². The molecule has 2 aromatic heterocycles. The van der Waals surface area contributed by atoms with Crippen LogP contribution in [0.25, 0.3) is 11.3 Å². The van der Waals surface area contributed by atoms with E-state index in [4.69, 9.17) is 16.0 Å². The number of rotatable bonds is 7. The highest BCUT2D eigenvalue weighted by molar-refractivity contribution is 5.99. The van der Waals surface area contributed by atoms with E-state index >= 15 is 0 Å². The summed E-state index contributed by atoms with van der Waals surface area (Å²) in [6.07, 6.45) is 6.70. The van der Waals surface area contributed by atoms with Gasteiger partial charge in [0.25, 0.3) is 5.91 Å². The van der Waals surface area contributed by atoms with E-state index in [2.05, 4.69) is 10.1 Å². The highest BCUT2D eigenvalue weighted by Crippen LogP contribution is 2.25. The van der Waals surface area contributed by atoms with Crippen LogP contribution >= 0.6 is 0 Å². The van der Waals surface area contributed by atoms with Gasteiger partial charge in [0.1, 0.15) is 17.0 Å². The Bertz CT molecular complexity index is 593. The van der Waals surface area contributed by atoms with E-state index < -0.39 is 5.91 Å². The van der Waals surface area contributed by atoms with Crippen molar-refractivity contribution in [3.8, 4) is 11.3 Å². The Morgan fingerprint density at radius 3 is 2.86 bits per heavy atom. The fourth-order valence-corrected chi connectivity index (χ4v) is 2.20. The van der Waals surface area contributed by atoms with Gasteiger partial charge >= 0.3 is 0 Å². The van der Waals surface area contributed by atoms with Crippen LogP contribution in [-0.2, 0) is 6.42 Å². The van der Waals surface area contributed by atoms with E-state index in [0.717, 1.165) is 24.8 Å². The van der Waals surface area contributed by atoms with Gasteiger partial charge in [0, 0.05) is 30.4 Å². The topological polar surface area (TPSA) is 108 Å². The maximum atomic E-state index is 11.7. The first kappa shape index (κ1) is 15.2. The van der Waals surface area contributed by atoms with E-state index in [1.54, 1.807) is 18.5 Å². The number of carbonyl (C=O) groups is 1. The minimum Gasteiger partial charge on any atom is -0.365 e. The zero-order chi connectivity index (χ0) is 15.2. The molecule has 21 heavy (non-hydrogen) atoms. The average Bonchev–Trinajstić information content (AvgIpc) is 2.88. The molecule has 1 atom stereocenters. The van der Waals surface area contributed by atoms with Crippen LogP contribution in [-0.4, -0.2) is 22.1 Å². The van der Waals surface area contributed by atoms with Gasteiger partial charge in [-0.05, 0) is 31.9 Å². The van der Waals surface area contributed by atoms with Crippen LogP contribution in [0.5, 0.6) is 0 Å². The average molecular weight is 288 g/mol. The van der Waals surface area contributed by atoms with Crippen molar-refractivity contribution in [1.82, 2.24) is 10.1 Å². The van der Waals surface area contributed by atoms with Gasteiger partial charge in [-0.2, -0.15) is 0 Å². The maximum absolute atomic E-state index is 11.7. The van der Waals surface area contributed by atoms with E-state index in [-0.39, 0.29) is 6.04 Å². The Balaban J connectivity index is 2.16. The number of pyridine rings is 1. The molecule has 2 heterocycles. The lowest BCUT2D eigenvalue weighted by atomic mass is 10.0. The summed E-state index contributed by atoms with van der Waals surface area (Å²) in [6, 6.07) is 3.77. The number of nitrogens with two attached hydrogens (primary N) is 2. The van der Waals surface area contributed by atoms with Crippen molar-refractivity contribution in [2.45, 2.75) is 38.6 Å². The van der Waals surface area contributed by atoms with Crippen LogP contribution < -0.4 is 11.5 Å². The predicted molar refractivity (Wildman–Crippen MR) is 79.5 cm³/mol. The second kappa shape index (κ2) is 6.99. The molecule has 0 saturated heterocycles. The van der Waals surface area contributed by atoms with Gasteiger partial charge in [-0.3, -0.25) is 9.78 Å². The SMILES string of the molecule is CC(N)CCCCc1onc(-c2cccnc2)c1C(N)=O. The molecule has 0 spiro atoms. The molecule has 1 unspecified atom stereocenters. The minimum atomic E-state index is -0.530. The van der Waals surface area contributed by atoms with Gasteiger partial charge in [-0.25, -0.2) is 0 Å². The second-order valence-corrected chi connectivity index (χ2v) is 5.16. The standard InChI is InChI=1S/C15H20N4O2/c1-10(16)5-2-3-7-12-13(15(17)20)14(19-21-12)11-6-4-8-18-9-11/h4,6,8-10H,2-3,5,7,16H2,1H3,(H2,17,20). The van der Waals surface area contributed by atoms with Crippen molar-refractivity contribution < 1.29 is 9.32 Å². The van der Waals surface area contributed by atoms with Crippen molar-refractivity contribution in [1.29, 1.82) is 0 Å². The third-order valence-electron chi connectivity index (χ3n) is 3.26. The summed E-state index contributed by atoms with van der Waals surface area (Å²) in [4.78, 5) is 15.7. The van der Waals surface area contributed by atoms with Crippen LogP contribution in [0.15, 0.2) is 29.0 Å². The molecular formula is C15H20N4O2. The molecule has 0 saturated carbocycles. The fourth-order valence-electron chi connectivity index (χ4n) is 2.20. The molecular weight excluding hydrogens is 268 g/mol. The van der Waals surface area contributed by atoms with Crippen LogP contribution in [0, 0.1) is 0 Å². The van der Waals surface area contributed by atoms with E-state index in [0.29, 0.717) is 23.4 Å². The van der Waals surface area contributed by atoms with Crippen molar-refractivity contribution in [3.05, 3.63) is 35.9 Å². The molecule has 0 aliphatic rings. The maximum Gasteiger partial charge on any atom is 0.254 e. The summed E-state index contributed by atoms with van der Waals surface area (Å²) >= 11 is 0. The van der Waals surface area contributed by atoms with E-state index in [9.17, 15) is 4.79 Å². The van der Waals surface area contributed by atoms with Crippen LogP contribution in [0.4, 0.5) is 0 Å². The smallest absolute Gasteiger partial charge is 0.254 e. The van der Waals surface area contributed by atoms with Gasteiger partial charge in [-0.1, -0.05) is 11.6 Å². The lowest BCUT2D eigenvalue weighted by Gasteiger charge is -2.03. The first-order chi connectivity index (χ1) is 10.1. The molecule has 0 radical (unpaired) electrons. The van der Waals surface area contributed by atoms with E-state index in [1.807, 2.05) is 13.0 Å². The molecule has 0 aromatic carbocycles. The number of unbranched alkanes of at least 4 members (excludes halogenated alkanes) is 1. The Morgan fingerprint density at radius 1 is 1.43 bits per heavy atom. The largest absolute Gasteiger partial charge is 0.365 e. The lowest BCUT2D eigenvalue weighted by molar-refractivity contribution is 0.0999. The van der Waals surface area contributed by atoms with Crippen molar-refractivity contribution in [3.63, 3.8) is 0 Å². The third-order valence-corrected chi connectivity index (χ3v) is 3.26. The number of hydrogen-bond acceptors (Lipinski definition) is 5. The summed E-state index contributed by atoms with van der Waals surface area (Å²) < 4.78 is 5.31. The molecule has 0 aliphatic carbocycles. The number of aryl methyl sites for hydroxylation is 1. The third kappa shape index (κ3) is 3.88. The molecule has 112 valence electrons. The van der Waals surface area contributed by atoms with Gasteiger partial charge in [0.2, 0.25) is 0 Å². The number of amides is 1. The molecule has 0 fully saturated rings. The zero-order valence-corrected chi connectivity index (χ0v) is 12.1. The zero-order valence-electron chi connectivity index (χ0n) is 12.1. The summed E-state index contributed by atoms with van der Waals surface area (Å²) in [5.41, 5.74) is 12.7. The molecule has 0 bridgehead atoms. The van der Waals surface area contributed by atoms with Crippen molar-refractivity contribution in [2.75, 3.05) is 0 Å². The lowest BCUT2D eigenvalue weighted by Crippen LogP contribution is -2.15. The van der Waals surface area contributed by atoms with Crippen LogP contribution in [0.1, 0.15) is 42.3 Å². The number of hydrogen-bond donors (Lipinski definition) is 2. The van der Waals surface area contributed by atoms with Gasteiger partial charge < -0.3 is 16.0 Å². The van der Waals surface area contributed by atoms with Gasteiger partial charge in [0.15, 0.2) is 0 Å². The summed E-state index contributed by atoms with van der Waals surface area (Å²) in [5.74, 6) is 0.00308. The van der Waals surface area contributed by atoms with Gasteiger partial charge in [0.05, 0.1) is 0 Å². The Morgan fingerprint density at radius 2 is 2.24 bits per heavy atom. The van der Waals surface area contributed by atoms with Crippen LogP contribution in [0.2, 0.25) is 0 Å². The Kier molecular flexibility index (Phi) is 5.05. The molecule has 2 rings (SSSR count). The summed E-state index contributed by atoms with van der Waals surface area (Å²) in [5, 5.41) is 3.98. The highest BCUT2D eigenvalue weighted by atomic mass is 16.5. The van der Waals surface area contributed by atoms with Gasteiger partial charge in [-0.15, -0.1) is 0 Å². The second-order valence-electron chi connectivity index (χ2n) is 5.16. The molecule has 4 N–H and O–H groups in total. The number of primary amides is 1. The molecule has 1 amide bonds. The van der Waals surface area contributed by atoms with Crippen LogP contribution in [0.3, 0.4) is 0 Å². The number of nitrogens with zero attached hydrogens (tertiary/aromatic N) is 2. The fraction of sp³-hybridized carbons (Fsp3) is 0.400. The Labute approximate surface area is 123 Å². The quantitative estimate of drug-likeness (QED) is 0.756. The molecule has 0 aliphatic heterocycles. The minimum absolute atomic E-state index is 0.182. The normalized spacial score (nSPS) is 12.3. The molecule has 6 nitrogen and oxygen atoms in total. The van der Waals surface area contributed by atoms with Crippen molar-refractivity contribution in [2.24, 2.45) is 11.5 Å². The summed E-state index contributed by atoms with van der Waals surface area (Å²) in [7, 11) is 0. The molecule has 6 heteroatoms. The highest BCUT2D eigenvalue weighted by Gasteiger charge is 2.21. The molecule has 2 aromatic rings. The monoisotopic (exact) mass is 288 g/mol. The Hall–Kier alpha value is -2.21.